The highest BCUT2D eigenvalue weighted by atomic mass is 32.2. The highest BCUT2D eigenvalue weighted by Crippen LogP contribution is 2.34. The van der Waals surface area contributed by atoms with E-state index in [1.807, 2.05) is 19.0 Å². The normalized spacial score (nSPS) is 10.9. The Balaban J connectivity index is 2.34. The maximum absolute atomic E-state index is 5.94. The number of anilines is 1. The second kappa shape index (κ2) is 7.15. The van der Waals surface area contributed by atoms with Crippen molar-refractivity contribution in [3.05, 3.63) is 16.8 Å². The lowest BCUT2D eigenvalue weighted by atomic mass is 10.0. The minimum Gasteiger partial charge on any atom is -0.353 e. The minimum atomic E-state index is 0.466. The van der Waals surface area contributed by atoms with Gasteiger partial charge in [-0.1, -0.05) is 25.2 Å². The molecule has 8 heteroatoms. The van der Waals surface area contributed by atoms with Gasteiger partial charge in [-0.05, 0) is 30.2 Å². The van der Waals surface area contributed by atoms with Crippen molar-refractivity contribution in [2.24, 2.45) is 5.73 Å². The molecule has 0 aliphatic heterocycles. The van der Waals surface area contributed by atoms with Crippen LogP contribution in [0.25, 0.3) is 0 Å². The van der Waals surface area contributed by atoms with Gasteiger partial charge in [0.15, 0.2) is 4.34 Å². The second-order valence-electron chi connectivity index (χ2n) is 4.67. The number of hydrogen-bond acceptors (Lipinski definition) is 8. The molecule has 6 nitrogen and oxygen atoms in total. The average Bonchev–Trinajstić information content (AvgIpc) is 2.95. The number of nitrogens with zero attached hydrogens (tertiary/aromatic N) is 5. The van der Waals surface area contributed by atoms with E-state index in [4.69, 9.17) is 5.73 Å². The molecule has 0 aliphatic carbocycles. The van der Waals surface area contributed by atoms with Crippen LogP contribution in [0.3, 0.4) is 0 Å². The van der Waals surface area contributed by atoms with Crippen molar-refractivity contribution in [3.63, 3.8) is 0 Å². The number of nitrogens with two attached hydrogens (primary N) is 1. The molecule has 0 fully saturated rings. The summed E-state index contributed by atoms with van der Waals surface area (Å²) in [6.07, 6.45) is 1.79. The molecule has 2 aromatic rings. The van der Waals surface area contributed by atoms with Gasteiger partial charge in [0.25, 0.3) is 0 Å². The van der Waals surface area contributed by atoms with Crippen molar-refractivity contribution in [3.8, 4) is 0 Å². The van der Waals surface area contributed by atoms with Crippen molar-refractivity contribution in [1.29, 1.82) is 0 Å². The summed E-state index contributed by atoms with van der Waals surface area (Å²) in [6.45, 7) is 4.68. The van der Waals surface area contributed by atoms with E-state index < -0.39 is 0 Å². The van der Waals surface area contributed by atoms with Gasteiger partial charge in [-0.15, -0.1) is 15.3 Å². The third-order valence-corrected chi connectivity index (χ3v) is 5.25. The van der Waals surface area contributed by atoms with Gasteiger partial charge in [-0.2, -0.15) is 5.10 Å². The lowest BCUT2D eigenvalue weighted by Crippen LogP contribution is -2.10. The summed E-state index contributed by atoms with van der Waals surface area (Å²) in [5.74, 6) is 0. The van der Waals surface area contributed by atoms with E-state index in [-0.39, 0.29) is 0 Å². The number of aryl methyl sites for hydroxylation is 1. The smallest absolute Gasteiger partial charge is 0.208 e. The van der Waals surface area contributed by atoms with Crippen LogP contribution in [0.2, 0.25) is 0 Å². The predicted molar refractivity (Wildman–Crippen MR) is 87.0 cm³/mol. The lowest BCUT2D eigenvalue weighted by molar-refractivity contribution is 0.781. The van der Waals surface area contributed by atoms with Crippen LogP contribution in [-0.2, 0) is 19.4 Å². The standard InChI is InChI=1S/C13H20N6S2/c1-5-8-9(7-14)11(16-15-10(8)6-2)20-13-18-17-12(21-13)19(3)4/h5-7,14H2,1-4H3. The monoisotopic (exact) mass is 324 g/mol. The van der Waals surface area contributed by atoms with Crippen LogP contribution in [0.4, 0.5) is 5.13 Å². The Morgan fingerprint density at radius 2 is 1.81 bits per heavy atom. The molecule has 0 bridgehead atoms. The molecule has 2 heterocycles. The van der Waals surface area contributed by atoms with Crippen molar-refractivity contribution in [1.82, 2.24) is 20.4 Å². The summed E-state index contributed by atoms with van der Waals surface area (Å²) in [7, 11) is 3.90. The van der Waals surface area contributed by atoms with Crippen LogP contribution in [0, 0.1) is 0 Å². The molecular formula is C13H20N6S2. The summed E-state index contributed by atoms with van der Waals surface area (Å²) in [5.41, 5.74) is 9.27. The van der Waals surface area contributed by atoms with Gasteiger partial charge in [0.05, 0.1) is 5.69 Å². The first-order chi connectivity index (χ1) is 10.1. The van der Waals surface area contributed by atoms with Crippen LogP contribution < -0.4 is 10.6 Å². The third-order valence-electron chi connectivity index (χ3n) is 3.09. The van der Waals surface area contributed by atoms with Crippen LogP contribution in [0.15, 0.2) is 9.37 Å². The third kappa shape index (κ3) is 3.50. The average molecular weight is 324 g/mol. The Labute approximate surface area is 133 Å². The molecule has 0 amide bonds. The maximum Gasteiger partial charge on any atom is 0.208 e. The van der Waals surface area contributed by atoms with Gasteiger partial charge in [0.1, 0.15) is 5.03 Å². The largest absolute Gasteiger partial charge is 0.353 e. The van der Waals surface area contributed by atoms with Gasteiger partial charge in [0.2, 0.25) is 5.13 Å². The maximum atomic E-state index is 5.94. The van der Waals surface area contributed by atoms with Gasteiger partial charge in [-0.3, -0.25) is 0 Å². The molecule has 0 atom stereocenters. The van der Waals surface area contributed by atoms with Crippen molar-refractivity contribution < 1.29 is 0 Å². The van der Waals surface area contributed by atoms with Gasteiger partial charge < -0.3 is 10.6 Å². The molecule has 2 aromatic heterocycles. The number of hydrogen-bond donors (Lipinski definition) is 1. The van der Waals surface area contributed by atoms with E-state index in [1.165, 1.54) is 28.7 Å². The number of aromatic nitrogens is 4. The highest BCUT2D eigenvalue weighted by Gasteiger charge is 2.16. The van der Waals surface area contributed by atoms with Crippen molar-refractivity contribution in [2.75, 3.05) is 19.0 Å². The summed E-state index contributed by atoms with van der Waals surface area (Å²) in [6, 6.07) is 0. The first-order valence-electron chi connectivity index (χ1n) is 6.86. The van der Waals surface area contributed by atoms with Gasteiger partial charge >= 0.3 is 0 Å². The fourth-order valence-corrected chi connectivity index (χ4v) is 3.82. The molecule has 0 unspecified atom stereocenters. The highest BCUT2D eigenvalue weighted by molar-refractivity contribution is 8.01. The van der Waals surface area contributed by atoms with Crippen LogP contribution >= 0.6 is 23.1 Å². The molecule has 0 radical (unpaired) electrons. The van der Waals surface area contributed by atoms with Gasteiger partial charge in [-0.25, -0.2) is 0 Å². The zero-order chi connectivity index (χ0) is 15.4. The zero-order valence-electron chi connectivity index (χ0n) is 12.8. The fraction of sp³-hybridized carbons (Fsp3) is 0.538. The molecular weight excluding hydrogens is 304 g/mol. The first-order valence-corrected chi connectivity index (χ1v) is 8.50. The Bertz CT molecular complexity index is 611. The molecule has 0 aromatic carbocycles. The molecule has 0 spiro atoms. The van der Waals surface area contributed by atoms with Gasteiger partial charge in [0, 0.05) is 26.2 Å². The molecule has 0 aliphatic rings. The van der Waals surface area contributed by atoms with E-state index in [9.17, 15) is 0 Å². The summed E-state index contributed by atoms with van der Waals surface area (Å²) < 4.78 is 0.856. The molecule has 21 heavy (non-hydrogen) atoms. The second-order valence-corrected chi connectivity index (χ2v) is 6.86. The first kappa shape index (κ1) is 16.1. The van der Waals surface area contributed by atoms with E-state index in [2.05, 4.69) is 34.2 Å². The quantitative estimate of drug-likeness (QED) is 0.871. The van der Waals surface area contributed by atoms with E-state index in [1.54, 1.807) is 0 Å². The fourth-order valence-electron chi connectivity index (χ4n) is 2.03. The Morgan fingerprint density at radius 1 is 1.05 bits per heavy atom. The summed E-state index contributed by atoms with van der Waals surface area (Å²) >= 11 is 3.03. The van der Waals surface area contributed by atoms with Crippen molar-refractivity contribution >= 4 is 28.2 Å². The minimum absolute atomic E-state index is 0.466. The van der Waals surface area contributed by atoms with Crippen molar-refractivity contribution in [2.45, 2.75) is 42.6 Å². The number of rotatable bonds is 6. The summed E-state index contributed by atoms with van der Waals surface area (Å²) in [5, 5.41) is 18.7. The Kier molecular flexibility index (Phi) is 5.49. The van der Waals surface area contributed by atoms with E-state index in [0.29, 0.717) is 6.54 Å². The predicted octanol–water partition coefficient (Wildman–Crippen LogP) is 2.13. The Hall–Kier alpha value is -1.25. The molecule has 0 saturated heterocycles. The van der Waals surface area contributed by atoms with Crippen LogP contribution in [0.5, 0.6) is 0 Å². The topological polar surface area (TPSA) is 80.8 Å². The molecule has 0 saturated carbocycles. The molecule has 2 N–H and O–H groups in total. The van der Waals surface area contributed by atoms with Crippen LogP contribution in [0.1, 0.15) is 30.7 Å². The molecule has 114 valence electrons. The summed E-state index contributed by atoms with van der Waals surface area (Å²) in [4.78, 5) is 1.94. The van der Waals surface area contributed by atoms with E-state index in [0.717, 1.165) is 38.6 Å². The zero-order valence-corrected chi connectivity index (χ0v) is 14.4. The van der Waals surface area contributed by atoms with E-state index >= 15 is 0 Å². The lowest BCUT2D eigenvalue weighted by Gasteiger charge is -2.12. The Morgan fingerprint density at radius 3 is 2.33 bits per heavy atom. The SMILES string of the molecule is CCc1nnc(Sc2nnc(N(C)C)s2)c(CN)c1CC. The van der Waals surface area contributed by atoms with Crippen LogP contribution in [-0.4, -0.2) is 34.5 Å². The molecule has 2 rings (SSSR count).